The highest BCUT2D eigenvalue weighted by Crippen LogP contribution is 2.22. The number of fused-ring (bicyclic) bond motifs is 1. The van der Waals surface area contributed by atoms with Crippen LogP contribution in [0.4, 0.5) is 10.5 Å². The summed E-state index contributed by atoms with van der Waals surface area (Å²) in [5, 5.41) is 2.75. The molecule has 0 radical (unpaired) electrons. The first-order valence-electron chi connectivity index (χ1n) is 8.60. The zero-order valence-electron chi connectivity index (χ0n) is 14.7. The van der Waals surface area contributed by atoms with E-state index in [-0.39, 0.29) is 19.0 Å². The highest BCUT2D eigenvalue weighted by atomic mass is 79.9. The highest BCUT2D eigenvalue weighted by molar-refractivity contribution is 9.10. The minimum atomic E-state index is -0.616. The molecule has 1 N–H and O–H groups in total. The van der Waals surface area contributed by atoms with Crippen LogP contribution >= 0.6 is 15.9 Å². The Morgan fingerprint density at radius 2 is 1.79 bits per heavy atom. The summed E-state index contributed by atoms with van der Waals surface area (Å²) < 4.78 is 3.19. The Balaban J connectivity index is 1.48. The standard InChI is InChI=1S/C19H16BrN5O3/c20-14-8-6-13(7-9-14)10-21-17(26)12-24-18(27)22-16-11-23(19(28)25(16)24)15-4-2-1-3-5-15/h1-9H,10-12H2,(H,21,26). The van der Waals surface area contributed by atoms with Crippen molar-refractivity contribution in [1.82, 2.24) is 19.7 Å². The fourth-order valence-corrected chi connectivity index (χ4v) is 3.29. The second-order valence-electron chi connectivity index (χ2n) is 6.29. The number of carbonyl (C=O) groups is 2. The summed E-state index contributed by atoms with van der Waals surface area (Å²) >= 11 is 3.36. The molecule has 0 saturated carbocycles. The maximum atomic E-state index is 12.8. The van der Waals surface area contributed by atoms with E-state index in [4.69, 9.17) is 0 Å². The number of halogens is 1. The molecule has 0 bridgehead atoms. The molecule has 1 aromatic heterocycles. The van der Waals surface area contributed by atoms with Gasteiger partial charge in [0.05, 0.1) is 6.54 Å². The molecule has 1 aliphatic heterocycles. The van der Waals surface area contributed by atoms with Crippen molar-refractivity contribution < 1.29 is 9.59 Å². The van der Waals surface area contributed by atoms with Gasteiger partial charge in [-0.05, 0) is 29.8 Å². The average molecular weight is 442 g/mol. The number of carbonyl (C=O) groups excluding carboxylic acids is 2. The second-order valence-corrected chi connectivity index (χ2v) is 7.20. The number of nitrogens with one attached hydrogen (secondary N) is 1. The van der Waals surface area contributed by atoms with Gasteiger partial charge in [0.15, 0.2) is 5.82 Å². The third-order valence-electron chi connectivity index (χ3n) is 4.41. The van der Waals surface area contributed by atoms with Gasteiger partial charge in [-0.1, -0.05) is 46.3 Å². The Morgan fingerprint density at radius 3 is 2.50 bits per heavy atom. The monoisotopic (exact) mass is 441 g/mol. The highest BCUT2D eigenvalue weighted by Gasteiger charge is 2.33. The molecule has 1 aliphatic rings. The summed E-state index contributed by atoms with van der Waals surface area (Å²) in [6.07, 6.45) is 0. The summed E-state index contributed by atoms with van der Waals surface area (Å²) in [6, 6.07) is 16.2. The van der Waals surface area contributed by atoms with E-state index in [0.29, 0.717) is 18.1 Å². The quantitative estimate of drug-likeness (QED) is 0.656. The fourth-order valence-electron chi connectivity index (χ4n) is 3.02. The number of benzene rings is 2. The SMILES string of the molecule is O=C(Cn1c(=O)nc2n1C(=O)N(c1ccccc1)C2)NCc1ccc(Br)cc1. The summed E-state index contributed by atoms with van der Waals surface area (Å²) in [4.78, 5) is 42.7. The number of nitrogens with zero attached hydrogens (tertiary/aromatic N) is 4. The van der Waals surface area contributed by atoms with Crippen LogP contribution in [0.5, 0.6) is 0 Å². The molecule has 2 aromatic carbocycles. The van der Waals surface area contributed by atoms with Gasteiger partial charge in [0.1, 0.15) is 6.54 Å². The van der Waals surface area contributed by atoms with Gasteiger partial charge in [0.25, 0.3) is 0 Å². The van der Waals surface area contributed by atoms with Gasteiger partial charge in [-0.2, -0.15) is 9.67 Å². The molecule has 142 valence electrons. The van der Waals surface area contributed by atoms with Crippen molar-refractivity contribution in [3.63, 3.8) is 0 Å². The summed E-state index contributed by atoms with van der Waals surface area (Å²) in [5.41, 5.74) is 1.01. The minimum absolute atomic E-state index is 0.186. The zero-order chi connectivity index (χ0) is 19.7. The smallest absolute Gasteiger partial charge is 0.350 e. The van der Waals surface area contributed by atoms with E-state index >= 15 is 0 Å². The lowest BCUT2D eigenvalue weighted by molar-refractivity contribution is -0.122. The van der Waals surface area contributed by atoms with Crippen molar-refractivity contribution in [3.05, 3.63) is 80.9 Å². The first-order chi connectivity index (χ1) is 13.5. The lowest BCUT2D eigenvalue weighted by Gasteiger charge is -2.15. The number of hydrogen-bond donors (Lipinski definition) is 1. The molecule has 2 heterocycles. The molecule has 28 heavy (non-hydrogen) atoms. The van der Waals surface area contributed by atoms with Crippen molar-refractivity contribution in [1.29, 1.82) is 0 Å². The molecule has 0 saturated heterocycles. The average Bonchev–Trinajstić information content (AvgIpc) is 3.18. The Hall–Kier alpha value is -3.20. The van der Waals surface area contributed by atoms with Gasteiger partial charge in [0.2, 0.25) is 5.91 Å². The van der Waals surface area contributed by atoms with Gasteiger partial charge in [-0.15, -0.1) is 0 Å². The predicted octanol–water partition coefficient (Wildman–Crippen LogP) is 2.11. The van der Waals surface area contributed by atoms with Crippen LogP contribution in [-0.4, -0.2) is 26.3 Å². The van der Waals surface area contributed by atoms with E-state index < -0.39 is 11.7 Å². The fraction of sp³-hybridized carbons (Fsp3) is 0.158. The summed E-state index contributed by atoms with van der Waals surface area (Å²) in [5.74, 6) is -0.0572. The minimum Gasteiger partial charge on any atom is -0.350 e. The Morgan fingerprint density at radius 1 is 1.07 bits per heavy atom. The molecule has 4 rings (SSSR count). The maximum absolute atomic E-state index is 12.8. The van der Waals surface area contributed by atoms with Crippen LogP contribution in [0.25, 0.3) is 0 Å². The number of amides is 2. The molecule has 0 atom stereocenters. The lowest BCUT2D eigenvalue weighted by Crippen LogP contribution is -2.38. The van der Waals surface area contributed by atoms with E-state index in [0.717, 1.165) is 14.7 Å². The van der Waals surface area contributed by atoms with Crippen LogP contribution in [0.15, 0.2) is 63.9 Å². The molecule has 0 fully saturated rings. The van der Waals surface area contributed by atoms with Crippen LogP contribution in [0.3, 0.4) is 0 Å². The molecule has 8 nitrogen and oxygen atoms in total. The van der Waals surface area contributed by atoms with Crippen LogP contribution in [0.2, 0.25) is 0 Å². The number of para-hydroxylation sites is 1. The van der Waals surface area contributed by atoms with E-state index in [1.807, 2.05) is 42.5 Å². The van der Waals surface area contributed by atoms with Crippen LogP contribution in [-0.2, 0) is 24.4 Å². The first kappa shape index (κ1) is 18.2. The number of rotatable bonds is 5. The number of aromatic nitrogens is 3. The predicted molar refractivity (Wildman–Crippen MR) is 106 cm³/mol. The third kappa shape index (κ3) is 3.48. The Labute approximate surface area is 168 Å². The van der Waals surface area contributed by atoms with E-state index in [1.54, 1.807) is 12.1 Å². The largest absolute Gasteiger partial charge is 0.365 e. The van der Waals surface area contributed by atoms with E-state index in [9.17, 15) is 14.4 Å². The van der Waals surface area contributed by atoms with E-state index in [1.165, 1.54) is 9.58 Å². The van der Waals surface area contributed by atoms with Gasteiger partial charge in [-0.3, -0.25) is 9.69 Å². The molecular formula is C19H16BrN5O3. The Bertz CT molecular complexity index is 1090. The molecule has 0 spiro atoms. The number of anilines is 1. The van der Waals surface area contributed by atoms with Gasteiger partial charge in [-0.25, -0.2) is 14.3 Å². The van der Waals surface area contributed by atoms with Crippen LogP contribution in [0.1, 0.15) is 11.4 Å². The van der Waals surface area contributed by atoms with Crippen molar-refractivity contribution in [3.8, 4) is 0 Å². The van der Waals surface area contributed by atoms with Gasteiger partial charge < -0.3 is 5.32 Å². The molecule has 3 aromatic rings. The summed E-state index contributed by atoms with van der Waals surface area (Å²) in [6.45, 7) is 0.230. The van der Waals surface area contributed by atoms with Gasteiger partial charge in [0, 0.05) is 16.7 Å². The third-order valence-corrected chi connectivity index (χ3v) is 4.94. The topological polar surface area (TPSA) is 89.2 Å². The lowest BCUT2D eigenvalue weighted by atomic mass is 10.2. The molecule has 9 heteroatoms. The first-order valence-corrected chi connectivity index (χ1v) is 9.39. The molecule has 0 aliphatic carbocycles. The normalized spacial score (nSPS) is 12.9. The zero-order valence-corrected chi connectivity index (χ0v) is 16.3. The van der Waals surface area contributed by atoms with Crippen molar-refractivity contribution in [2.45, 2.75) is 19.6 Å². The van der Waals surface area contributed by atoms with Gasteiger partial charge >= 0.3 is 11.7 Å². The van der Waals surface area contributed by atoms with Crippen LogP contribution < -0.4 is 15.9 Å². The van der Waals surface area contributed by atoms with Crippen molar-refractivity contribution in [2.75, 3.05) is 4.90 Å². The second kappa shape index (κ2) is 7.43. The summed E-state index contributed by atoms with van der Waals surface area (Å²) in [7, 11) is 0. The molecular weight excluding hydrogens is 426 g/mol. The van der Waals surface area contributed by atoms with Crippen molar-refractivity contribution >= 4 is 33.6 Å². The van der Waals surface area contributed by atoms with Crippen LogP contribution in [0, 0.1) is 0 Å². The van der Waals surface area contributed by atoms with Crippen molar-refractivity contribution in [2.24, 2.45) is 0 Å². The molecule has 2 amide bonds. The Kier molecular flexibility index (Phi) is 4.82. The maximum Gasteiger partial charge on any atom is 0.365 e. The van der Waals surface area contributed by atoms with E-state index in [2.05, 4.69) is 26.2 Å². The number of hydrogen-bond acceptors (Lipinski definition) is 4. The molecule has 0 unspecified atom stereocenters.